The number of hydrogen-bond acceptors (Lipinski definition) is 4. The second-order valence-corrected chi connectivity index (χ2v) is 11.3. The third-order valence-corrected chi connectivity index (χ3v) is 8.65. The number of ether oxygens (including phenoxy) is 1. The maximum atomic E-state index is 6.56. The van der Waals surface area contributed by atoms with E-state index in [-0.39, 0.29) is 11.5 Å². The second kappa shape index (κ2) is 8.64. The molecule has 0 N–H and O–H groups in total. The van der Waals surface area contributed by atoms with Crippen molar-refractivity contribution in [3.8, 4) is 17.0 Å². The van der Waals surface area contributed by atoms with Gasteiger partial charge in [-0.15, -0.1) is 0 Å². The average Bonchev–Trinajstić information content (AvgIpc) is 3.63. The van der Waals surface area contributed by atoms with E-state index in [1.165, 1.54) is 5.57 Å². The predicted molar refractivity (Wildman–Crippen MR) is 144 cm³/mol. The summed E-state index contributed by atoms with van der Waals surface area (Å²) in [4.78, 5) is 4.40. The minimum absolute atomic E-state index is 0.238. The molecule has 182 valence electrons. The van der Waals surface area contributed by atoms with E-state index in [1.807, 2.05) is 42.6 Å². The Labute approximate surface area is 220 Å². The fraction of sp³-hybridized carbons (Fsp3) is 0.333. The fourth-order valence-electron chi connectivity index (χ4n) is 5.94. The van der Waals surface area contributed by atoms with Gasteiger partial charge in [0.2, 0.25) is 0 Å². The molecule has 2 heterocycles. The van der Waals surface area contributed by atoms with Crippen LogP contribution >= 0.6 is 23.2 Å². The van der Waals surface area contributed by atoms with Crippen molar-refractivity contribution in [1.82, 2.24) is 10.1 Å². The lowest BCUT2D eigenvalue weighted by molar-refractivity contribution is 0.0996. The van der Waals surface area contributed by atoms with Crippen molar-refractivity contribution in [3.63, 3.8) is 0 Å². The monoisotopic (exact) mass is 516 g/mol. The minimum atomic E-state index is 0.238. The second-order valence-electron chi connectivity index (χ2n) is 10.5. The van der Waals surface area contributed by atoms with E-state index in [2.05, 4.69) is 28.3 Å². The number of hydrogen-bond donors (Lipinski definition) is 0. The summed E-state index contributed by atoms with van der Waals surface area (Å²) in [6, 6.07) is 15.8. The fourth-order valence-corrected chi connectivity index (χ4v) is 6.51. The van der Waals surface area contributed by atoms with E-state index in [9.17, 15) is 0 Å². The lowest BCUT2D eigenvalue weighted by atomic mass is 9.61. The Morgan fingerprint density at radius 2 is 1.69 bits per heavy atom. The van der Waals surface area contributed by atoms with Crippen molar-refractivity contribution in [2.24, 2.45) is 5.41 Å². The van der Waals surface area contributed by atoms with Crippen molar-refractivity contribution >= 4 is 39.7 Å². The summed E-state index contributed by atoms with van der Waals surface area (Å²) in [5.74, 6) is 2.40. The van der Waals surface area contributed by atoms with Gasteiger partial charge in [-0.1, -0.05) is 46.6 Å². The first-order chi connectivity index (χ1) is 17.6. The smallest absolute Gasteiger partial charge is 0.147 e. The summed E-state index contributed by atoms with van der Waals surface area (Å²) in [6.07, 6.45) is 12.2. The highest BCUT2D eigenvalue weighted by molar-refractivity contribution is 6.39. The van der Waals surface area contributed by atoms with Crippen LogP contribution in [0.1, 0.15) is 62.2 Å². The molecular formula is C30H26Cl2N2O2. The number of rotatable bonds is 5. The van der Waals surface area contributed by atoms with Crippen LogP contribution in [0.5, 0.6) is 5.75 Å². The van der Waals surface area contributed by atoms with Crippen molar-refractivity contribution in [3.05, 3.63) is 82.2 Å². The van der Waals surface area contributed by atoms with Crippen LogP contribution in [0.4, 0.5) is 0 Å². The van der Waals surface area contributed by atoms with Gasteiger partial charge in [-0.05, 0) is 92.3 Å². The highest BCUT2D eigenvalue weighted by atomic mass is 35.5. The molecule has 0 saturated heterocycles. The summed E-state index contributed by atoms with van der Waals surface area (Å²) in [7, 11) is 0. The Hall–Kier alpha value is -2.82. The standard InChI is InChI=1S/C30H26Cl2N2O2/c31-23-4-1-5-24(32)27(23)28-26(29(36-34-28)18-6-7-18)20-16-30(17-20)12-10-21(11-13-30)35-22-8-9-25-19(15-22)3-2-14-33-25/h1-5,8-9,14-16,18,21H,6-7,10-13,17H2. The van der Waals surface area contributed by atoms with E-state index < -0.39 is 0 Å². The molecule has 3 aliphatic rings. The molecule has 0 amide bonds. The highest BCUT2D eigenvalue weighted by Gasteiger charge is 2.44. The van der Waals surface area contributed by atoms with Gasteiger partial charge < -0.3 is 9.26 Å². The van der Waals surface area contributed by atoms with Crippen LogP contribution in [0.25, 0.3) is 27.7 Å². The van der Waals surface area contributed by atoms with Crippen LogP contribution in [0, 0.1) is 5.41 Å². The van der Waals surface area contributed by atoms with E-state index in [4.69, 9.17) is 32.5 Å². The van der Waals surface area contributed by atoms with E-state index in [1.54, 1.807) is 0 Å². The van der Waals surface area contributed by atoms with Gasteiger partial charge in [0.05, 0.1) is 21.7 Å². The number of pyridine rings is 1. The maximum Gasteiger partial charge on any atom is 0.147 e. The largest absolute Gasteiger partial charge is 0.490 e. The van der Waals surface area contributed by atoms with Crippen molar-refractivity contribution in [1.29, 1.82) is 0 Å². The predicted octanol–water partition coefficient (Wildman–Crippen LogP) is 8.87. The Morgan fingerprint density at radius 3 is 2.44 bits per heavy atom. The lowest BCUT2D eigenvalue weighted by Gasteiger charge is -2.45. The molecule has 4 nitrogen and oxygen atoms in total. The lowest BCUT2D eigenvalue weighted by Crippen LogP contribution is -2.35. The first-order valence-corrected chi connectivity index (χ1v) is 13.5. The summed E-state index contributed by atoms with van der Waals surface area (Å²) in [6.45, 7) is 0. The summed E-state index contributed by atoms with van der Waals surface area (Å²) < 4.78 is 12.3. The number of allylic oxidation sites excluding steroid dienone is 2. The van der Waals surface area contributed by atoms with E-state index in [0.717, 1.165) is 84.2 Å². The van der Waals surface area contributed by atoms with Gasteiger partial charge >= 0.3 is 0 Å². The van der Waals surface area contributed by atoms with Gasteiger partial charge in [0.25, 0.3) is 0 Å². The first-order valence-electron chi connectivity index (χ1n) is 12.8. The molecule has 1 spiro atoms. The molecule has 0 bridgehead atoms. The number of halogens is 2. The Kier molecular flexibility index (Phi) is 5.37. The average molecular weight is 517 g/mol. The van der Waals surface area contributed by atoms with Crippen molar-refractivity contribution in [2.45, 2.75) is 57.0 Å². The van der Waals surface area contributed by atoms with Crippen LogP contribution in [0.2, 0.25) is 10.0 Å². The molecule has 0 atom stereocenters. The molecule has 0 radical (unpaired) electrons. The number of benzene rings is 2. The maximum absolute atomic E-state index is 6.56. The number of fused-ring (bicyclic) bond motifs is 1. The van der Waals surface area contributed by atoms with Crippen LogP contribution in [-0.4, -0.2) is 16.2 Å². The molecule has 0 unspecified atom stereocenters. The highest BCUT2D eigenvalue weighted by Crippen LogP contribution is 2.57. The third kappa shape index (κ3) is 3.91. The third-order valence-electron chi connectivity index (χ3n) is 8.02. The van der Waals surface area contributed by atoms with Gasteiger partial charge in [0.1, 0.15) is 17.2 Å². The van der Waals surface area contributed by atoms with Crippen molar-refractivity contribution < 1.29 is 9.26 Å². The van der Waals surface area contributed by atoms with Gasteiger partial charge in [0, 0.05) is 28.6 Å². The topological polar surface area (TPSA) is 48.2 Å². The summed E-state index contributed by atoms with van der Waals surface area (Å²) >= 11 is 13.1. The molecule has 2 saturated carbocycles. The molecule has 4 aromatic rings. The van der Waals surface area contributed by atoms with E-state index in [0.29, 0.717) is 16.0 Å². The van der Waals surface area contributed by atoms with Crippen LogP contribution in [0.15, 0.2) is 65.3 Å². The zero-order valence-corrected chi connectivity index (χ0v) is 21.4. The van der Waals surface area contributed by atoms with Crippen LogP contribution in [-0.2, 0) is 0 Å². The molecular weight excluding hydrogens is 491 g/mol. The first kappa shape index (κ1) is 22.4. The molecule has 0 aliphatic heterocycles. The number of nitrogens with zero attached hydrogens (tertiary/aromatic N) is 2. The van der Waals surface area contributed by atoms with Gasteiger partial charge in [-0.3, -0.25) is 4.98 Å². The molecule has 36 heavy (non-hydrogen) atoms. The zero-order chi connectivity index (χ0) is 24.3. The molecule has 2 aromatic heterocycles. The SMILES string of the molecule is Clc1cccc(Cl)c1-c1noc(C2CC2)c1C1=CC2(CCC(Oc3ccc4ncccc4c3)CC2)C1. The van der Waals surface area contributed by atoms with Gasteiger partial charge in [-0.25, -0.2) is 0 Å². The van der Waals surface area contributed by atoms with Crippen molar-refractivity contribution in [2.75, 3.05) is 0 Å². The van der Waals surface area contributed by atoms with Crippen LogP contribution < -0.4 is 4.74 Å². The van der Waals surface area contributed by atoms with E-state index >= 15 is 0 Å². The Balaban J connectivity index is 1.10. The van der Waals surface area contributed by atoms with Gasteiger partial charge in [-0.2, -0.15) is 0 Å². The summed E-state index contributed by atoms with van der Waals surface area (Å²) in [5, 5.41) is 6.81. The summed E-state index contributed by atoms with van der Waals surface area (Å²) in [5.41, 5.74) is 5.25. The quantitative estimate of drug-likeness (QED) is 0.265. The molecule has 2 aromatic carbocycles. The normalized spacial score (nSPS) is 23.5. The molecule has 6 heteroatoms. The Morgan fingerprint density at radius 1 is 0.917 bits per heavy atom. The zero-order valence-electron chi connectivity index (χ0n) is 19.8. The molecule has 7 rings (SSSR count). The van der Waals surface area contributed by atoms with Gasteiger partial charge in [0.15, 0.2) is 0 Å². The molecule has 2 fully saturated rings. The minimum Gasteiger partial charge on any atom is -0.490 e. The number of aromatic nitrogens is 2. The Bertz CT molecular complexity index is 1480. The van der Waals surface area contributed by atoms with Crippen LogP contribution in [0.3, 0.4) is 0 Å². The molecule has 3 aliphatic carbocycles.